The SMILES string of the molecule is CC(C)C1(C)CCSC1. The van der Waals surface area contributed by atoms with Gasteiger partial charge in [-0.05, 0) is 29.3 Å². The maximum absolute atomic E-state index is 2.41. The van der Waals surface area contributed by atoms with Crippen molar-refractivity contribution < 1.29 is 0 Å². The van der Waals surface area contributed by atoms with Gasteiger partial charge in [0.05, 0.1) is 0 Å². The number of thioether (sulfide) groups is 1. The van der Waals surface area contributed by atoms with Crippen molar-refractivity contribution in [1.82, 2.24) is 0 Å². The second-order valence-electron chi connectivity index (χ2n) is 3.61. The van der Waals surface area contributed by atoms with E-state index in [4.69, 9.17) is 0 Å². The molecule has 0 bridgehead atoms. The van der Waals surface area contributed by atoms with Crippen LogP contribution in [0.3, 0.4) is 0 Å². The molecule has 0 aromatic carbocycles. The molecular weight excluding hydrogens is 128 g/mol. The average molecular weight is 144 g/mol. The van der Waals surface area contributed by atoms with Gasteiger partial charge >= 0.3 is 0 Å². The Kier molecular flexibility index (Phi) is 2.10. The van der Waals surface area contributed by atoms with Crippen molar-refractivity contribution in [3.05, 3.63) is 0 Å². The quantitative estimate of drug-likeness (QED) is 0.545. The van der Waals surface area contributed by atoms with Crippen molar-refractivity contribution >= 4 is 11.8 Å². The minimum Gasteiger partial charge on any atom is -0.161 e. The van der Waals surface area contributed by atoms with E-state index in [1.807, 2.05) is 0 Å². The molecule has 1 unspecified atom stereocenters. The van der Waals surface area contributed by atoms with Crippen molar-refractivity contribution in [3.63, 3.8) is 0 Å². The second kappa shape index (κ2) is 2.53. The number of hydrogen-bond acceptors (Lipinski definition) is 1. The fraction of sp³-hybridized carbons (Fsp3) is 1.00. The van der Waals surface area contributed by atoms with Crippen LogP contribution in [0.1, 0.15) is 27.2 Å². The first-order chi connectivity index (χ1) is 4.15. The van der Waals surface area contributed by atoms with Crippen molar-refractivity contribution in [2.45, 2.75) is 27.2 Å². The van der Waals surface area contributed by atoms with Crippen molar-refractivity contribution in [1.29, 1.82) is 0 Å². The predicted molar refractivity (Wildman–Crippen MR) is 44.9 cm³/mol. The second-order valence-corrected chi connectivity index (χ2v) is 4.72. The van der Waals surface area contributed by atoms with Crippen LogP contribution in [-0.2, 0) is 0 Å². The Bertz CT molecular complexity index is 90.7. The van der Waals surface area contributed by atoms with Crippen LogP contribution < -0.4 is 0 Å². The van der Waals surface area contributed by atoms with Gasteiger partial charge in [-0.3, -0.25) is 0 Å². The maximum Gasteiger partial charge on any atom is -0.00107 e. The summed E-state index contributed by atoms with van der Waals surface area (Å²) in [5.74, 6) is 3.63. The van der Waals surface area contributed by atoms with E-state index < -0.39 is 0 Å². The molecule has 0 nitrogen and oxygen atoms in total. The third-order valence-electron chi connectivity index (χ3n) is 2.64. The molecule has 0 radical (unpaired) electrons. The monoisotopic (exact) mass is 144 g/mol. The molecule has 1 rings (SSSR count). The van der Waals surface area contributed by atoms with Gasteiger partial charge in [0.2, 0.25) is 0 Å². The Morgan fingerprint density at radius 1 is 1.44 bits per heavy atom. The highest BCUT2D eigenvalue weighted by Gasteiger charge is 2.31. The van der Waals surface area contributed by atoms with Crippen LogP contribution in [0.2, 0.25) is 0 Å². The van der Waals surface area contributed by atoms with Gasteiger partial charge in [0.25, 0.3) is 0 Å². The summed E-state index contributed by atoms with van der Waals surface area (Å²) in [6, 6.07) is 0. The summed E-state index contributed by atoms with van der Waals surface area (Å²) in [6.07, 6.45) is 1.43. The molecule has 0 spiro atoms. The molecular formula is C8H16S. The molecule has 9 heavy (non-hydrogen) atoms. The minimum absolute atomic E-state index is 0.657. The summed E-state index contributed by atoms with van der Waals surface area (Å²) in [5.41, 5.74) is 0.657. The standard InChI is InChI=1S/C8H16S/c1-7(2)8(3)4-5-9-6-8/h7H,4-6H2,1-3H3. The van der Waals surface area contributed by atoms with E-state index in [-0.39, 0.29) is 0 Å². The molecule has 0 aliphatic carbocycles. The Hall–Kier alpha value is 0.350. The molecule has 1 aliphatic rings. The van der Waals surface area contributed by atoms with Gasteiger partial charge in [0, 0.05) is 0 Å². The van der Waals surface area contributed by atoms with E-state index in [0.29, 0.717) is 5.41 Å². The summed E-state index contributed by atoms with van der Waals surface area (Å²) in [7, 11) is 0. The van der Waals surface area contributed by atoms with E-state index >= 15 is 0 Å². The van der Waals surface area contributed by atoms with Crippen molar-refractivity contribution in [3.8, 4) is 0 Å². The van der Waals surface area contributed by atoms with Gasteiger partial charge in [0.1, 0.15) is 0 Å². The van der Waals surface area contributed by atoms with Gasteiger partial charge in [-0.25, -0.2) is 0 Å². The number of rotatable bonds is 1. The van der Waals surface area contributed by atoms with E-state index in [0.717, 1.165) is 5.92 Å². The van der Waals surface area contributed by atoms with E-state index in [2.05, 4.69) is 32.5 Å². The summed E-state index contributed by atoms with van der Waals surface area (Å²) in [4.78, 5) is 0. The van der Waals surface area contributed by atoms with Gasteiger partial charge in [-0.2, -0.15) is 11.8 Å². The van der Waals surface area contributed by atoms with Crippen LogP contribution >= 0.6 is 11.8 Å². The largest absolute Gasteiger partial charge is 0.161 e. The Morgan fingerprint density at radius 2 is 2.11 bits per heavy atom. The Balaban J connectivity index is 2.51. The third kappa shape index (κ3) is 1.43. The Labute approximate surface area is 62.4 Å². The molecule has 0 aromatic heterocycles. The van der Waals surface area contributed by atoms with Crippen LogP contribution in [-0.4, -0.2) is 11.5 Å². The van der Waals surface area contributed by atoms with Gasteiger partial charge in [-0.15, -0.1) is 0 Å². The lowest BCUT2D eigenvalue weighted by Crippen LogP contribution is -2.22. The first-order valence-corrected chi connectivity index (χ1v) is 4.88. The molecule has 54 valence electrons. The van der Waals surface area contributed by atoms with Crippen LogP contribution in [0.15, 0.2) is 0 Å². The highest BCUT2D eigenvalue weighted by molar-refractivity contribution is 7.99. The van der Waals surface area contributed by atoms with Gasteiger partial charge in [0.15, 0.2) is 0 Å². The molecule has 0 N–H and O–H groups in total. The maximum atomic E-state index is 2.41. The lowest BCUT2D eigenvalue weighted by Gasteiger charge is -2.27. The molecule has 1 fully saturated rings. The first-order valence-electron chi connectivity index (χ1n) is 3.73. The fourth-order valence-electron chi connectivity index (χ4n) is 1.14. The molecule has 1 saturated heterocycles. The average Bonchev–Trinajstić information content (AvgIpc) is 2.16. The molecule has 0 saturated carbocycles. The summed E-state index contributed by atoms with van der Waals surface area (Å²) in [6.45, 7) is 7.09. The molecule has 0 aromatic rings. The molecule has 1 aliphatic heterocycles. The van der Waals surface area contributed by atoms with Gasteiger partial charge < -0.3 is 0 Å². The summed E-state index contributed by atoms with van der Waals surface area (Å²) >= 11 is 2.11. The zero-order valence-corrected chi connectivity index (χ0v) is 7.42. The molecule has 1 heteroatoms. The summed E-state index contributed by atoms with van der Waals surface area (Å²) < 4.78 is 0. The zero-order valence-electron chi connectivity index (χ0n) is 6.61. The van der Waals surface area contributed by atoms with Crippen molar-refractivity contribution in [2.24, 2.45) is 11.3 Å². The van der Waals surface area contributed by atoms with E-state index in [1.165, 1.54) is 17.9 Å². The minimum atomic E-state index is 0.657. The molecule has 1 heterocycles. The topological polar surface area (TPSA) is 0 Å². The van der Waals surface area contributed by atoms with Crippen LogP contribution in [0.25, 0.3) is 0 Å². The van der Waals surface area contributed by atoms with Crippen molar-refractivity contribution in [2.75, 3.05) is 11.5 Å². The van der Waals surface area contributed by atoms with Crippen LogP contribution in [0, 0.1) is 11.3 Å². The normalized spacial score (nSPS) is 36.0. The zero-order chi connectivity index (χ0) is 6.91. The lowest BCUT2D eigenvalue weighted by atomic mass is 9.79. The van der Waals surface area contributed by atoms with E-state index in [1.54, 1.807) is 0 Å². The van der Waals surface area contributed by atoms with Gasteiger partial charge in [-0.1, -0.05) is 20.8 Å². The highest BCUT2D eigenvalue weighted by atomic mass is 32.2. The Morgan fingerprint density at radius 3 is 2.33 bits per heavy atom. The van der Waals surface area contributed by atoms with Crippen LogP contribution in [0.5, 0.6) is 0 Å². The highest BCUT2D eigenvalue weighted by Crippen LogP contribution is 2.41. The smallest absolute Gasteiger partial charge is 0.00107 e. The fourth-order valence-corrected chi connectivity index (χ4v) is 2.84. The number of hydrogen-bond donors (Lipinski definition) is 0. The summed E-state index contributed by atoms with van der Waals surface area (Å²) in [5, 5.41) is 0. The first kappa shape index (κ1) is 7.46. The third-order valence-corrected chi connectivity index (χ3v) is 4.00. The van der Waals surface area contributed by atoms with E-state index in [9.17, 15) is 0 Å². The predicted octanol–water partition coefficient (Wildman–Crippen LogP) is 2.79. The molecule has 1 atom stereocenters. The van der Waals surface area contributed by atoms with Crippen LogP contribution in [0.4, 0.5) is 0 Å². The lowest BCUT2D eigenvalue weighted by molar-refractivity contribution is 0.260. The molecule has 0 amide bonds.